The number of aromatic hydroxyl groups is 1. The molecular formula is C22H23N3O3S. The first-order valence-electron chi connectivity index (χ1n) is 9.02. The number of nitrogens with zero attached hydrogens (tertiary/aromatic N) is 2. The van der Waals surface area contributed by atoms with Crippen LogP contribution in [0, 0.1) is 0 Å². The molecule has 1 heterocycles. The number of hydrogen-bond acceptors (Lipinski definition) is 6. The molecule has 0 atom stereocenters. The maximum atomic E-state index is 10.1. The van der Waals surface area contributed by atoms with Gasteiger partial charge in [0, 0.05) is 24.9 Å². The molecule has 2 aromatic carbocycles. The lowest BCUT2D eigenvalue weighted by atomic mass is 10.1. The van der Waals surface area contributed by atoms with Gasteiger partial charge in [0.1, 0.15) is 23.1 Å². The number of amidine groups is 1. The second-order valence-electron chi connectivity index (χ2n) is 6.19. The van der Waals surface area contributed by atoms with Gasteiger partial charge in [0.15, 0.2) is 0 Å². The highest BCUT2D eigenvalue weighted by molar-refractivity contribution is 7.12. The summed E-state index contributed by atoms with van der Waals surface area (Å²) in [5.41, 5.74) is 8.51. The first-order valence-corrected chi connectivity index (χ1v) is 9.90. The predicted molar refractivity (Wildman–Crippen MR) is 119 cm³/mol. The van der Waals surface area contributed by atoms with Crippen molar-refractivity contribution < 1.29 is 14.6 Å². The molecule has 1 aromatic heterocycles. The molecule has 3 aromatic rings. The first-order chi connectivity index (χ1) is 14.1. The van der Waals surface area contributed by atoms with Crippen LogP contribution in [0.1, 0.15) is 16.0 Å². The quantitative estimate of drug-likeness (QED) is 0.432. The smallest absolute Gasteiger partial charge is 0.141 e. The number of nitrogens with two attached hydrogens (primary N) is 1. The normalized spacial score (nSPS) is 11.7. The summed E-state index contributed by atoms with van der Waals surface area (Å²) in [6.45, 7) is 0.578. The number of benzene rings is 2. The number of ether oxygens (including phenoxy) is 2. The molecule has 0 amide bonds. The second-order valence-corrected chi connectivity index (χ2v) is 7.14. The van der Waals surface area contributed by atoms with Crippen LogP contribution in [0.4, 0.5) is 5.69 Å². The van der Waals surface area contributed by atoms with Crippen molar-refractivity contribution in [2.24, 2.45) is 15.7 Å². The molecule has 0 aliphatic rings. The van der Waals surface area contributed by atoms with Gasteiger partial charge >= 0.3 is 0 Å². The molecule has 6 nitrogen and oxygen atoms in total. The van der Waals surface area contributed by atoms with Crippen LogP contribution in [-0.2, 0) is 6.42 Å². The third kappa shape index (κ3) is 5.36. The van der Waals surface area contributed by atoms with Crippen molar-refractivity contribution in [1.82, 2.24) is 0 Å². The lowest BCUT2D eigenvalue weighted by Crippen LogP contribution is -2.10. The Balaban J connectivity index is 1.60. The highest BCUT2D eigenvalue weighted by Crippen LogP contribution is 2.31. The van der Waals surface area contributed by atoms with E-state index in [4.69, 9.17) is 15.2 Å². The molecule has 150 valence electrons. The van der Waals surface area contributed by atoms with E-state index in [0.717, 1.165) is 22.5 Å². The summed E-state index contributed by atoms with van der Waals surface area (Å²) in [6, 6.07) is 15.1. The Morgan fingerprint density at radius 2 is 1.93 bits per heavy atom. The van der Waals surface area contributed by atoms with Crippen LogP contribution in [0.15, 0.2) is 63.9 Å². The van der Waals surface area contributed by atoms with E-state index in [9.17, 15) is 5.11 Å². The fourth-order valence-electron chi connectivity index (χ4n) is 2.71. The molecule has 0 aliphatic heterocycles. The molecule has 3 N–H and O–H groups in total. The zero-order valence-electron chi connectivity index (χ0n) is 16.3. The minimum Gasteiger partial charge on any atom is -0.507 e. The molecule has 0 spiro atoms. The number of aliphatic imine (C=N–C) groups is 2. The van der Waals surface area contributed by atoms with Crippen LogP contribution in [0.25, 0.3) is 0 Å². The molecule has 0 radical (unpaired) electrons. The lowest BCUT2D eigenvalue weighted by Gasteiger charge is -2.09. The van der Waals surface area contributed by atoms with E-state index in [1.165, 1.54) is 13.2 Å². The van der Waals surface area contributed by atoms with Crippen LogP contribution in [0.3, 0.4) is 0 Å². The maximum absolute atomic E-state index is 10.1. The van der Waals surface area contributed by atoms with E-state index in [-0.39, 0.29) is 5.75 Å². The first kappa shape index (κ1) is 20.4. The van der Waals surface area contributed by atoms with Crippen molar-refractivity contribution >= 4 is 29.1 Å². The van der Waals surface area contributed by atoms with Gasteiger partial charge in [-0.25, -0.2) is 4.99 Å². The summed E-state index contributed by atoms with van der Waals surface area (Å²) >= 11 is 1.57. The van der Waals surface area contributed by atoms with E-state index in [1.54, 1.807) is 30.7 Å². The third-order valence-electron chi connectivity index (χ3n) is 4.26. The minimum atomic E-state index is 0.0653. The fourth-order valence-corrected chi connectivity index (χ4v) is 3.34. The molecule has 0 bridgehead atoms. The third-order valence-corrected chi connectivity index (χ3v) is 5.15. The van der Waals surface area contributed by atoms with Gasteiger partial charge in [0.25, 0.3) is 0 Å². The van der Waals surface area contributed by atoms with Crippen molar-refractivity contribution in [3.05, 3.63) is 69.9 Å². The summed E-state index contributed by atoms with van der Waals surface area (Å²) in [5.74, 6) is 1.62. The van der Waals surface area contributed by atoms with Gasteiger partial charge in [-0.1, -0.05) is 18.2 Å². The lowest BCUT2D eigenvalue weighted by molar-refractivity contribution is 0.384. The average molecular weight is 410 g/mol. The number of rotatable bonds is 8. The fraction of sp³-hybridized carbons (Fsp3) is 0.182. The van der Waals surface area contributed by atoms with Crippen molar-refractivity contribution in [2.45, 2.75) is 6.42 Å². The molecule has 0 aliphatic carbocycles. The van der Waals surface area contributed by atoms with Crippen molar-refractivity contribution in [3.63, 3.8) is 0 Å². The Bertz CT molecular complexity index is 997. The van der Waals surface area contributed by atoms with Gasteiger partial charge < -0.3 is 20.3 Å². The summed E-state index contributed by atoms with van der Waals surface area (Å²) in [4.78, 5) is 9.82. The zero-order valence-corrected chi connectivity index (χ0v) is 17.1. The largest absolute Gasteiger partial charge is 0.507 e. The number of hydrogen-bond donors (Lipinski definition) is 2. The van der Waals surface area contributed by atoms with Crippen LogP contribution < -0.4 is 15.2 Å². The Morgan fingerprint density at radius 1 is 1.14 bits per heavy atom. The van der Waals surface area contributed by atoms with Crippen molar-refractivity contribution in [1.29, 1.82) is 0 Å². The van der Waals surface area contributed by atoms with Crippen LogP contribution in [0.5, 0.6) is 17.2 Å². The Morgan fingerprint density at radius 3 is 2.59 bits per heavy atom. The summed E-state index contributed by atoms with van der Waals surface area (Å²) in [6.07, 6.45) is 2.38. The van der Waals surface area contributed by atoms with E-state index in [2.05, 4.69) is 9.98 Å². The van der Waals surface area contributed by atoms with E-state index >= 15 is 0 Å². The highest BCUT2D eigenvalue weighted by atomic mass is 32.1. The predicted octanol–water partition coefficient (Wildman–Crippen LogP) is 4.17. The van der Waals surface area contributed by atoms with Crippen LogP contribution in [-0.4, -0.2) is 37.9 Å². The molecular weight excluding hydrogens is 386 g/mol. The summed E-state index contributed by atoms with van der Waals surface area (Å²) in [5, 5.41) is 12.1. The number of thiophene rings is 1. The minimum absolute atomic E-state index is 0.0653. The Hall–Kier alpha value is -3.32. The molecule has 3 rings (SSSR count). The summed E-state index contributed by atoms with van der Waals surface area (Å²) in [7, 11) is 3.08. The number of phenolic OH excluding ortho intramolecular Hbond substituents is 1. The van der Waals surface area contributed by atoms with Crippen LogP contribution >= 0.6 is 11.3 Å². The van der Waals surface area contributed by atoms with Gasteiger partial charge in [-0.3, -0.25) is 4.99 Å². The van der Waals surface area contributed by atoms with Gasteiger partial charge in [-0.05, 0) is 35.6 Å². The van der Waals surface area contributed by atoms with E-state index < -0.39 is 0 Å². The second kappa shape index (κ2) is 9.75. The average Bonchev–Trinajstić information content (AvgIpc) is 3.28. The molecule has 0 saturated heterocycles. The van der Waals surface area contributed by atoms with Gasteiger partial charge in [-0.15, -0.1) is 11.3 Å². The van der Waals surface area contributed by atoms with Gasteiger partial charge in [-0.2, -0.15) is 0 Å². The van der Waals surface area contributed by atoms with E-state index in [0.29, 0.717) is 29.4 Å². The zero-order chi connectivity index (χ0) is 20.6. The highest BCUT2D eigenvalue weighted by Gasteiger charge is 2.09. The SMILES string of the molecule is COc1cc(O)c(/C=N/CCc2ccc(/N=C(\N)c3cccs3)cc2)c(OC)c1. The summed E-state index contributed by atoms with van der Waals surface area (Å²) < 4.78 is 10.4. The van der Waals surface area contributed by atoms with Gasteiger partial charge in [0.2, 0.25) is 0 Å². The standard InChI is InChI=1S/C22H23N3O3S/c1-27-17-12-19(26)18(20(13-17)28-2)14-24-10-9-15-5-7-16(8-6-15)25-22(23)21-4-3-11-29-21/h3-8,11-14,26H,9-10H2,1-2H3,(H2,23,25)/b24-14+. The van der Waals surface area contributed by atoms with Gasteiger partial charge in [0.05, 0.1) is 30.3 Å². The molecule has 0 fully saturated rings. The van der Waals surface area contributed by atoms with Crippen molar-refractivity contribution in [2.75, 3.05) is 20.8 Å². The molecule has 0 saturated carbocycles. The number of methoxy groups -OCH3 is 2. The van der Waals surface area contributed by atoms with Crippen molar-refractivity contribution in [3.8, 4) is 17.2 Å². The Kier molecular flexibility index (Phi) is 6.86. The monoisotopic (exact) mass is 409 g/mol. The maximum Gasteiger partial charge on any atom is 0.141 e. The number of phenols is 1. The topological polar surface area (TPSA) is 89.4 Å². The Labute approximate surface area is 174 Å². The molecule has 29 heavy (non-hydrogen) atoms. The molecule has 0 unspecified atom stereocenters. The van der Waals surface area contributed by atoms with E-state index in [1.807, 2.05) is 41.8 Å². The molecule has 7 heteroatoms. The van der Waals surface area contributed by atoms with Crippen LogP contribution in [0.2, 0.25) is 0 Å².